The lowest BCUT2D eigenvalue weighted by Crippen LogP contribution is -2.34. The summed E-state index contributed by atoms with van der Waals surface area (Å²) in [6.07, 6.45) is -1.86. The van der Waals surface area contributed by atoms with Gasteiger partial charge in [-0.15, -0.1) is 0 Å². The summed E-state index contributed by atoms with van der Waals surface area (Å²) in [5.41, 5.74) is 2.04. The van der Waals surface area contributed by atoms with Crippen molar-refractivity contribution in [1.82, 2.24) is 4.98 Å². The van der Waals surface area contributed by atoms with Crippen LogP contribution in [-0.2, 0) is 16.1 Å². The standard InChI is InChI=1S/C22H19ClN2O5/c23-15-7-16-13(6-18(15)27-9-12-4-2-1-3-5-12)14(8-24)22(25-16)30-19-11-29-20-17(26)10-28-21(19)20/h1-7,17,19-21,25-26H,9-11H2/t17-,19-,20-,21-/m1/s1. The topological polar surface area (TPSA) is 96.7 Å². The first-order valence-corrected chi connectivity index (χ1v) is 10.0. The van der Waals surface area contributed by atoms with E-state index >= 15 is 0 Å². The third-order valence-electron chi connectivity index (χ3n) is 5.42. The van der Waals surface area contributed by atoms with Gasteiger partial charge in [-0.1, -0.05) is 41.9 Å². The minimum absolute atomic E-state index is 0.213. The van der Waals surface area contributed by atoms with Crippen molar-refractivity contribution in [2.45, 2.75) is 31.0 Å². The molecule has 3 aromatic rings. The lowest BCUT2D eigenvalue weighted by atomic mass is 10.1. The van der Waals surface area contributed by atoms with E-state index in [1.165, 1.54) is 0 Å². The molecule has 2 aliphatic heterocycles. The number of ether oxygens (including phenoxy) is 4. The number of aliphatic hydroxyl groups is 1. The van der Waals surface area contributed by atoms with Gasteiger partial charge in [0.25, 0.3) is 0 Å². The summed E-state index contributed by atoms with van der Waals surface area (Å²) >= 11 is 6.40. The molecule has 0 unspecified atom stereocenters. The Hall–Kier alpha value is -2.76. The van der Waals surface area contributed by atoms with Crippen LogP contribution in [0.15, 0.2) is 42.5 Å². The number of hydrogen-bond acceptors (Lipinski definition) is 6. The Labute approximate surface area is 177 Å². The second-order valence-corrected chi connectivity index (χ2v) is 7.77. The minimum atomic E-state index is -0.662. The van der Waals surface area contributed by atoms with Gasteiger partial charge in [0.2, 0.25) is 5.88 Å². The highest BCUT2D eigenvalue weighted by molar-refractivity contribution is 6.32. The first-order chi connectivity index (χ1) is 14.6. The molecule has 5 rings (SSSR count). The van der Waals surface area contributed by atoms with Gasteiger partial charge in [-0.25, -0.2) is 0 Å². The number of hydrogen-bond donors (Lipinski definition) is 2. The van der Waals surface area contributed by atoms with E-state index in [1.54, 1.807) is 12.1 Å². The molecule has 0 radical (unpaired) electrons. The van der Waals surface area contributed by atoms with Gasteiger partial charge in [0.05, 0.1) is 23.8 Å². The molecular weight excluding hydrogens is 408 g/mol. The van der Waals surface area contributed by atoms with Crippen molar-refractivity contribution in [3.8, 4) is 17.7 Å². The Kier molecular flexibility index (Phi) is 5.01. The average Bonchev–Trinajstić information content (AvgIpc) is 3.42. The largest absolute Gasteiger partial charge is 0.487 e. The van der Waals surface area contributed by atoms with Crippen LogP contribution in [0.1, 0.15) is 11.1 Å². The van der Waals surface area contributed by atoms with Crippen molar-refractivity contribution >= 4 is 22.5 Å². The molecule has 0 amide bonds. The van der Waals surface area contributed by atoms with Crippen molar-refractivity contribution in [1.29, 1.82) is 5.26 Å². The second kappa shape index (κ2) is 7.82. The number of nitrogens with zero attached hydrogens (tertiary/aromatic N) is 1. The summed E-state index contributed by atoms with van der Waals surface area (Å²) in [6.45, 7) is 0.855. The average molecular weight is 427 g/mol. The second-order valence-electron chi connectivity index (χ2n) is 7.36. The number of benzene rings is 2. The van der Waals surface area contributed by atoms with Crippen LogP contribution in [0.4, 0.5) is 0 Å². The first-order valence-electron chi connectivity index (χ1n) is 9.64. The molecule has 3 heterocycles. The van der Waals surface area contributed by atoms with Crippen LogP contribution in [0.2, 0.25) is 5.02 Å². The van der Waals surface area contributed by atoms with Crippen molar-refractivity contribution < 1.29 is 24.1 Å². The molecule has 2 aromatic carbocycles. The van der Waals surface area contributed by atoms with Crippen LogP contribution < -0.4 is 9.47 Å². The van der Waals surface area contributed by atoms with E-state index < -0.39 is 18.3 Å². The van der Waals surface area contributed by atoms with E-state index in [9.17, 15) is 10.4 Å². The molecule has 2 fully saturated rings. The fourth-order valence-electron chi connectivity index (χ4n) is 3.91. The molecule has 30 heavy (non-hydrogen) atoms. The Morgan fingerprint density at radius 1 is 1.17 bits per heavy atom. The first kappa shape index (κ1) is 19.2. The molecule has 0 aliphatic carbocycles. The lowest BCUT2D eigenvalue weighted by molar-refractivity contribution is 0.00789. The third-order valence-corrected chi connectivity index (χ3v) is 5.71. The lowest BCUT2D eigenvalue weighted by Gasteiger charge is -2.16. The Morgan fingerprint density at radius 2 is 1.97 bits per heavy atom. The van der Waals surface area contributed by atoms with Gasteiger partial charge in [0.15, 0.2) is 6.10 Å². The van der Waals surface area contributed by atoms with Crippen LogP contribution in [0, 0.1) is 11.3 Å². The quantitative estimate of drug-likeness (QED) is 0.650. The zero-order chi connectivity index (χ0) is 20.7. The molecule has 7 nitrogen and oxygen atoms in total. The molecule has 0 spiro atoms. The number of halogens is 1. The van der Waals surface area contributed by atoms with Crippen molar-refractivity contribution in [2.75, 3.05) is 13.2 Å². The number of rotatable bonds is 5. The number of H-pyrrole nitrogens is 1. The minimum Gasteiger partial charge on any atom is -0.487 e. The van der Waals surface area contributed by atoms with Crippen LogP contribution in [-0.4, -0.2) is 47.7 Å². The molecule has 4 atom stereocenters. The number of nitriles is 1. The maximum Gasteiger partial charge on any atom is 0.210 e. The van der Waals surface area contributed by atoms with Gasteiger partial charge in [0, 0.05) is 5.39 Å². The highest BCUT2D eigenvalue weighted by Gasteiger charge is 2.48. The van der Waals surface area contributed by atoms with Gasteiger partial charge in [-0.05, 0) is 17.7 Å². The maximum atomic E-state index is 9.90. The van der Waals surface area contributed by atoms with E-state index in [0.717, 1.165) is 5.56 Å². The normalized spacial score (nSPS) is 25.2. The summed E-state index contributed by atoms with van der Waals surface area (Å²) in [4.78, 5) is 3.12. The zero-order valence-corrected chi connectivity index (χ0v) is 16.6. The molecule has 154 valence electrons. The predicted octanol–water partition coefficient (Wildman–Crippen LogP) is 3.18. The number of aliphatic hydroxyl groups excluding tert-OH is 1. The number of fused-ring (bicyclic) bond motifs is 2. The fraction of sp³-hybridized carbons (Fsp3) is 0.318. The number of aromatic nitrogens is 1. The van der Waals surface area contributed by atoms with Crippen molar-refractivity contribution in [2.24, 2.45) is 0 Å². The highest BCUT2D eigenvalue weighted by Crippen LogP contribution is 2.37. The van der Waals surface area contributed by atoms with Gasteiger partial charge in [-0.2, -0.15) is 5.26 Å². The fourth-order valence-corrected chi connectivity index (χ4v) is 4.13. The summed E-state index contributed by atoms with van der Waals surface area (Å²) in [7, 11) is 0. The molecule has 0 saturated carbocycles. The highest BCUT2D eigenvalue weighted by atomic mass is 35.5. The molecule has 2 aliphatic rings. The summed E-state index contributed by atoms with van der Waals surface area (Å²) < 4.78 is 23.1. The Morgan fingerprint density at radius 3 is 2.77 bits per heavy atom. The van der Waals surface area contributed by atoms with E-state index in [-0.39, 0.29) is 19.3 Å². The van der Waals surface area contributed by atoms with Crippen molar-refractivity contribution in [3.63, 3.8) is 0 Å². The monoisotopic (exact) mass is 426 g/mol. The summed E-state index contributed by atoms with van der Waals surface area (Å²) in [5.74, 6) is 0.810. The Bertz CT molecular complexity index is 1110. The molecule has 0 bridgehead atoms. The van der Waals surface area contributed by atoms with Crippen molar-refractivity contribution in [3.05, 3.63) is 58.6 Å². The summed E-state index contributed by atoms with van der Waals surface area (Å²) in [5, 5.41) is 20.7. The van der Waals surface area contributed by atoms with E-state index in [2.05, 4.69) is 11.1 Å². The van der Waals surface area contributed by atoms with Crippen LogP contribution in [0.25, 0.3) is 10.9 Å². The van der Waals surface area contributed by atoms with E-state index in [4.69, 9.17) is 30.5 Å². The Balaban J connectivity index is 1.41. The van der Waals surface area contributed by atoms with E-state index in [1.807, 2.05) is 30.3 Å². The number of nitrogens with one attached hydrogen (secondary N) is 1. The van der Waals surface area contributed by atoms with Gasteiger partial charge < -0.3 is 29.0 Å². The van der Waals surface area contributed by atoms with Gasteiger partial charge >= 0.3 is 0 Å². The third kappa shape index (κ3) is 3.38. The van der Waals surface area contributed by atoms with Crippen LogP contribution in [0.5, 0.6) is 11.6 Å². The SMILES string of the molecule is N#Cc1c(O[C@@H]2CO[C@H]3[C@@H]2OC[C@H]3O)[nH]c2cc(Cl)c(OCc3ccccc3)cc12. The molecule has 2 saturated heterocycles. The number of aromatic amines is 1. The molecular formula is C22H19ClN2O5. The van der Waals surface area contributed by atoms with E-state index in [0.29, 0.717) is 39.7 Å². The smallest absolute Gasteiger partial charge is 0.210 e. The maximum absolute atomic E-state index is 9.90. The zero-order valence-electron chi connectivity index (χ0n) is 15.9. The molecule has 1 aromatic heterocycles. The van der Waals surface area contributed by atoms with Gasteiger partial charge in [-0.3, -0.25) is 0 Å². The van der Waals surface area contributed by atoms with Gasteiger partial charge in [0.1, 0.15) is 42.3 Å². The van der Waals surface area contributed by atoms with Crippen LogP contribution >= 0.6 is 11.6 Å². The molecule has 8 heteroatoms. The predicted molar refractivity (Wildman–Crippen MR) is 109 cm³/mol. The molecule has 2 N–H and O–H groups in total. The van der Waals surface area contributed by atoms with Crippen LogP contribution in [0.3, 0.4) is 0 Å². The summed E-state index contributed by atoms with van der Waals surface area (Å²) in [6, 6.07) is 15.4.